The minimum Gasteiger partial charge on any atom is -0.435 e. The van der Waals surface area contributed by atoms with Crippen molar-refractivity contribution in [3.05, 3.63) is 29.8 Å². The van der Waals surface area contributed by atoms with Crippen LogP contribution in [0.15, 0.2) is 29.3 Å². The Morgan fingerprint density at radius 2 is 1.92 bits per heavy atom. The first kappa shape index (κ1) is 21.1. The lowest BCUT2D eigenvalue weighted by atomic mass is 10.1. The van der Waals surface area contributed by atoms with Crippen molar-refractivity contribution in [3.8, 4) is 5.75 Å². The van der Waals surface area contributed by atoms with Crippen LogP contribution in [0, 0.1) is 0 Å². The van der Waals surface area contributed by atoms with E-state index in [1.807, 2.05) is 14.0 Å². The van der Waals surface area contributed by atoms with Gasteiger partial charge in [0.25, 0.3) is 0 Å². The Labute approximate surface area is 147 Å². The number of rotatable bonds is 10. The molecule has 0 aliphatic rings. The quantitative estimate of drug-likeness (QED) is 0.440. The van der Waals surface area contributed by atoms with Crippen LogP contribution >= 0.6 is 0 Å². The number of guanidine groups is 1. The summed E-state index contributed by atoms with van der Waals surface area (Å²) >= 11 is 0. The fraction of sp³-hybridized carbons (Fsp3) is 0.588. The van der Waals surface area contributed by atoms with Gasteiger partial charge in [-0.2, -0.15) is 8.78 Å². The molecule has 1 aromatic rings. The number of halogens is 2. The van der Waals surface area contributed by atoms with Gasteiger partial charge < -0.3 is 25.4 Å². The summed E-state index contributed by atoms with van der Waals surface area (Å²) in [5, 5.41) is 16.5. The number of alkyl halides is 2. The Balaban J connectivity index is 2.56. The van der Waals surface area contributed by atoms with Gasteiger partial charge in [-0.3, -0.25) is 4.99 Å². The smallest absolute Gasteiger partial charge is 0.387 e. The SMILES string of the molecule is CCNC(=NCC(O)c1ccc(OC(F)F)cc1)NCCN(C)CC. The molecule has 0 fully saturated rings. The maximum atomic E-state index is 12.1. The molecule has 0 aliphatic carbocycles. The van der Waals surface area contributed by atoms with Crippen LogP contribution in [0.2, 0.25) is 0 Å². The number of nitrogens with one attached hydrogen (secondary N) is 2. The van der Waals surface area contributed by atoms with Crippen molar-refractivity contribution >= 4 is 5.96 Å². The Kier molecular flexibility index (Phi) is 9.79. The van der Waals surface area contributed by atoms with Gasteiger partial charge in [0.15, 0.2) is 5.96 Å². The number of benzene rings is 1. The maximum absolute atomic E-state index is 12.1. The summed E-state index contributed by atoms with van der Waals surface area (Å²) in [7, 11) is 2.04. The Morgan fingerprint density at radius 1 is 1.24 bits per heavy atom. The van der Waals surface area contributed by atoms with Gasteiger partial charge in [0, 0.05) is 19.6 Å². The minimum atomic E-state index is -2.86. The van der Waals surface area contributed by atoms with Crippen LogP contribution in [0.3, 0.4) is 0 Å². The predicted octanol–water partition coefficient (Wildman–Crippen LogP) is 1.83. The lowest BCUT2D eigenvalue weighted by Gasteiger charge is -2.17. The average Bonchev–Trinajstić information content (AvgIpc) is 2.59. The molecule has 3 N–H and O–H groups in total. The van der Waals surface area contributed by atoms with Crippen molar-refractivity contribution in [2.75, 3.05) is 39.8 Å². The Hall–Kier alpha value is -1.93. The molecule has 0 aliphatic heterocycles. The van der Waals surface area contributed by atoms with Crippen molar-refractivity contribution in [1.29, 1.82) is 0 Å². The van der Waals surface area contributed by atoms with Crippen LogP contribution in [0.25, 0.3) is 0 Å². The number of nitrogens with zero attached hydrogens (tertiary/aromatic N) is 2. The summed E-state index contributed by atoms with van der Waals surface area (Å²) < 4.78 is 28.5. The summed E-state index contributed by atoms with van der Waals surface area (Å²) in [6, 6.07) is 5.90. The third-order valence-corrected chi connectivity index (χ3v) is 3.58. The number of hydrogen-bond donors (Lipinski definition) is 3. The molecule has 0 amide bonds. The van der Waals surface area contributed by atoms with Crippen LogP contribution in [-0.4, -0.2) is 62.3 Å². The van der Waals surface area contributed by atoms with Crippen molar-refractivity contribution in [1.82, 2.24) is 15.5 Å². The molecule has 25 heavy (non-hydrogen) atoms. The molecule has 1 unspecified atom stereocenters. The average molecular weight is 358 g/mol. The molecule has 0 bridgehead atoms. The summed E-state index contributed by atoms with van der Waals surface area (Å²) in [4.78, 5) is 6.53. The first-order chi connectivity index (χ1) is 12.0. The van der Waals surface area contributed by atoms with E-state index in [-0.39, 0.29) is 12.3 Å². The molecule has 0 aromatic heterocycles. The van der Waals surface area contributed by atoms with E-state index >= 15 is 0 Å². The second kappa shape index (κ2) is 11.6. The summed E-state index contributed by atoms with van der Waals surface area (Å²) in [5.74, 6) is 0.688. The minimum absolute atomic E-state index is 0.0597. The third-order valence-electron chi connectivity index (χ3n) is 3.58. The van der Waals surface area contributed by atoms with Gasteiger partial charge in [-0.05, 0) is 38.2 Å². The second-order valence-corrected chi connectivity index (χ2v) is 5.51. The molecular weight excluding hydrogens is 330 g/mol. The molecule has 1 aromatic carbocycles. The van der Waals surface area contributed by atoms with E-state index in [9.17, 15) is 13.9 Å². The van der Waals surface area contributed by atoms with E-state index in [0.29, 0.717) is 18.1 Å². The molecule has 0 heterocycles. The van der Waals surface area contributed by atoms with Gasteiger partial charge in [-0.15, -0.1) is 0 Å². The first-order valence-corrected chi connectivity index (χ1v) is 8.39. The number of aliphatic hydroxyl groups is 1. The fourth-order valence-corrected chi connectivity index (χ4v) is 2.02. The van der Waals surface area contributed by atoms with Crippen LogP contribution in [0.4, 0.5) is 8.78 Å². The van der Waals surface area contributed by atoms with Crippen LogP contribution in [-0.2, 0) is 0 Å². The lowest BCUT2D eigenvalue weighted by Crippen LogP contribution is -2.41. The standard InChI is InChI=1S/C17H28F2N4O2/c1-4-20-17(21-10-11-23(3)5-2)22-12-15(24)13-6-8-14(9-7-13)25-16(18)19/h6-9,15-16,24H,4-5,10-12H2,1-3H3,(H2,20,21,22). The zero-order chi connectivity index (χ0) is 18.7. The van der Waals surface area contributed by atoms with Gasteiger partial charge >= 0.3 is 6.61 Å². The Morgan fingerprint density at radius 3 is 2.48 bits per heavy atom. The van der Waals surface area contributed by atoms with E-state index < -0.39 is 12.7 Å². The zero-order valence-corrected chi connectivity index (χ0v) is 15.0. The highest BCUT2D eigenvalue weighted by atomic mass is 19.3. The molecule has 0 saturated heterocycles. The molecule has 0 radical (unpaired) electrons. The normalized spacial score (nSPS) is 13.2. The maximum Gasteiger partial charge on any atom is 0.387 e. The van der Waals surface area contributed by atoms with Crippen LogP contribution in [0.1, 0.15) is 25.5 Å². The van der Waals surface area contributed by atoms with Gasteiger partial charge in [0.05, 0.1) is 12.6 Å². The molecule has 0 saturated carbocycles. The van der Waals surface area contributed by atoms with E-state index in [2.05, 4.69) is 32.2 Å². The summed E-state index contributed by atoms with van der Waals surface area (Å²) in [5.41, 5.74) is 0.590. The van der Waals surface area contributed by atoms with Gasteiger partial charge in [0.1, 0.15) is 5.75 Å². The molecule has 142 valence electrons. The molecular formula is C17H28F2N4O2. The third kappa shape index (κ3) is 8.64. The van der Waals surface area contributed by atoms with E-state index in [1.165, 1.54) is 12.1 Å². The monoisotopic (exact) mass is 358 g/mol. The number of aliphatic hydroxyl groups excluding tert-OH is 1. The molecule has 8 heteroatoms. The number of aliphatic imine (C=N–C) groups is 1. The molecule has 1 atom stereocenters. The highest BCUT2D eigenvalue weighted by Gasteiger charge is 2.09. The van der Waals surface area contributed by atoms with Gasteiger partial charge in [-0.1, -0.05) is 19.1 Å². The van der Waals surface area contributed by atoms with E-state index in [4.69, 9.17) is 0 Å². The largest absolute Gasteiger partial charge is 0.435 e. The number of ether oxygens (including phenoxy) is 1. The number of hydrogen-bond acceptors (Lipinski definition) is 4. The number of likely N-dealkylation sites (N-methyl/N-ethyl adjacent to an activating group) is 1. The van der Waals surface area contributed by atoms with Crippen LogP contribution < -0.4 is 15.4 Å². The Bertz CT molecular complexity index is 512. The van der Waals surface area contributed by atoms with Gasteiger partial charge in [-0.25, -0.2) is 0 Å². The highest BCUT2D eigenvalue weighted by Crippen LogP contribution is 2.19. The summed E-state index contributed by atoms with van der Waals surface area (Å²) in [6.07, 6.45) is -0.825. The lowest BCUT2D eigenvalue weighted by molar-refractivity contribution is -0.0498. The van der Waals surface area contributed by atoms with Crippen molar-refractivity contribution in [2.24, 2.45) is 4.99 Å². The van der Waals surface area contributed by atoms with E-state index in [0.717, 1.165) is 19.6 Å². The van der Waals surface area contributed by atoms with Crippen LogP contribution in [0.5, 0.6) is 5.75 Å². The summed E-state index contributed by atoms with van der Waals surface area (Å²) in [6.45, 7) is 4.67. The van der Waals surface area contributed by atoms with Crippen molar-refractivity contribution in [3.63, 3.8) is 0 Å². The zero-order valence-electron chi connectivity index (χ0n) is 15.0. The predicted molar refractivity (Wildman–Crippen MR) is 95.2 cm³/mol. The van der Waals surface area contributed by atoms with Crippen molar-refractivity contribution in [2.45, 2.75) is 26.6 Å². The van der Waals surface area contributed by atoms with Crippen molar-refractivity contribution < 1.29 is 18.6 Å². The first-order valence-electron chi connectivity index (χ1n) is 8.39. The second-order valence-electron chi connectivity index (χ2n) is 5.51. The fourth-order valence-electron chi connectivity index (χ4n) is 2.02. The highest BCUT2D eigenvalue weighted by molar-refractivity contribution is 5.79. The molecule has 0 spiro atoms. The molecule has 6 nitrogen and oxygen atoms in total. The topological polar surface area (TPSA) is 69.1 Å². The molecule has 1 rings (SSSR count). The van der Waals surface area contributed by atoms with E-state index in [1.54, 1.807) is 12.1 Å². The van der Waals surface area contributed by atoms with Gasteiger partial charge in [0.2, 0.25) is 0 Å².